The first-order chi connectivity index (χ1) is 10.4. The van der Waals surface area contributed by atoms with Crippen LogP contribution in [0.3, 0.4) is 0 Å². The van der Waals surface area contributed by atoms with Crippen LogP contribution in [0.2, 0.25) is 0 Å². The molecule has 1 aromatic rings. The molecule has 0 saturated heterocycles. The third-order valence-electron chi connectivity index (χ3n) is 3.17. The zero-order chi connectivity index (χ0) is 16.5. The van der Waals surface area contributed by atoms with E-state index in [4.69, 9.17) is 0 Å². The highest BCUT2D eigenvalue weighted by Crippen LogP contribution is 2.03. The second-order valence-corrected chi connectivity index (χ2v) is 5.89. The topological polar surface area (TPSA) is 62.6 Å². The lowest BCUT2D eigenvalue weighted by Crippen LogP contribution is -3.09. The molecule has 122 valence electrons. The van der Waals surface area contributed by atoms with Gasteiger partial charge in [-0.2, -0.15) is 0 Å². The maximum Gasteiger partial charge on any atom is 0.321 e. The minimum Gasteiger partial charge on any atom is -0.338 e. The van der Waals surface area contributed by atoms with E-state index in [0.717, 1.165) is 11.3 Å². The van der Waals surface area contributed by atoms with Crippen LogP contribution in [0, 0.1) is 11.7 Å². The summed E-state index contributed by atoms with van der Waals surface area (Å²) in [5, 5.41) is 4.92. The number of hydrogen-bond acceptors (Lipinski definition) is 2. The normalized spacial score (nSPS) is 12.0. The van der Waals surface area contributed by atoms with Crippen LogP contribution in [0.25, 0.3) is 0 Å². The number of nitrogens with one attached hydrogen (secondary N) is 3. The molecule has 3 amide bonds. The van der Waals surface area contributed by atoms with Crippen molar-refractivity contribution in [2.45, 2.75) is 26.8 Å². The number of likely N-dealkylation sites (N-methyl/N-ethyl adjacent to an activating group) is 1. The quantitative estimate of drug-likeness (QED) is 0.695. The van der Waals surface area contributed by atoms with Crippen molar-refractivity contribution in [1.29, 1.82) is 0 Å². The Morgan fingerprint density at radius 1 is 1.27 bits per heavy atom. The van der Waals surface area contributed by atoms with Crippen LogP contribution in [0.15, 0.2) is 24.3 Å². The van der Waals surface area contributed by atoms with E-state index in [1.807, 2.05) is 0 Å². The van der Waals surface area contributed by atoms with Crippen molar-refractivity contribution in [2.75, 3.05) is 20.1 Å². The molecule has 0 heterocycles. The van der Waals surface area contributed by atoms with Crippen LogP contribution < -0.4 is 15.5 Å². The van der Waals surface area contributed by atoms with Gasteiger partial charge in [0.05, 0.1) is 7.05 Å². The van der Waals surface area contributed by atoms with E-state index in [-0.39, 0.29) is 18.3 Å². The molecule has 0 aromatic heterocycles. The molecule has 0 fully saturated rings. The van der Waals surface area contributed by atoms with Crippen molar-refractivity contribution in [3.05, 3.63) is 35.6 Å². The van der Waals surface area contributed by atoms with Crippen LogP contribution in [0.5, 0.6) is 0 Å². The molecule has 0 bridgehead atoms. The third-order valence-corrected chi connectivity index (χ3v) is 3.17. The molecule has 6 heteroatoms. The van der Waals surface area contributed by atoms with Crippen LogP contribution in [0.4, 0.5) is 9.18 Å². The van der Waals surface area contributed by atoms with Crippen molar-refractivity contribution in [3.8, 4) is 0 Å². The number of quaternary nitrogens is 1. The number of carbonyl (C=O) groups is 2. The van der Waals surface area contributed by atoms with Crippen molar-refractivity contribution < 1.29 is 18.9 Å². The highest BCUT2D eigenvalue weighted by Gasteiger charge is 2.14. The first-order valence-electron chi connectivity index (χ1n) is 7.51. The Balaban J connectivity index is 2.32. The molecule has 1 atom stereocenters. The van der Waals surface area contributed by atoms with E-state index in [1.165, 1.54) is 6.07 Å². The fraction of sp³-hybridized carbons (Fsp3) is 0.500. The average Bonchev–Trinajstić information content (AvgIpc) is 2.40. The van der Waals surface area contributed by atoms with Gasteiger partial charge in [0.25, 0.3) is 5.91 Å². The van der Waals surface area contributed by atoms with E-state index in [1.54, 1.807) is 25.2 Å². The molecule has 0 aliphatic rings. The number of imide groups is 1. The number of halogens is 1. The molecule has 0 aliphatic carbocycles. The maximum absolute atomic E-state index is 13.5. The molecule has 3 N–H and O–H groups in total. The molecule has 22 heavy (non-hydrogen) atoms. The lowest BCUT2D eigenvalue weighted by molar-refractivity contribution is -0.885. The van der Waals surface area contributed by atoms with Gasteiger partial charge in [-0.15, -0.1) is 0 Å². The first-order valence-corrected chi connectivity index (χ1v) is 7.51. The fourth-order valence-electron chi connectivity index (χ4n) is 1.99. The van der Waals surface area contributed by atoms with Crippen LogP contribution in [-0.4, -0.2) is 32.1 Å². The molecule has 0 radical (unpaired) electrons. The molecular weight excluding hydrogens is 285 g/mol. The maximum atomic E-state index is 13.5. The standard InChI is InChI=1S/C16H24FN3O2/c1-12(2)8-9-18-16(22)19-15(21)11-20(3)10-13-6-4-5-7-14(13)17/h4-7,12H,8-11H2,1-3H3,(H2,18,19,21,22)/p+1. The van der Waals surface area contributed by atoms with Gasteiger partial charge in [-0.1, -0.05) is 32.0 Å². The van der Waals surface area contributed by atoms with Gasteiger partial charge in [-0.25, -0.2) is 9.18 Å². The Bertz CT molecular complexity index is 506. The lowest BCUT2D eigenvalue weighted by Gasteiger charge is -2.14. The van der Waals surface area contributed by atoms with Crippen molar-refractivity contribution in [1.82, 2.24) is 10.6 Å². The zero-order valence-electron chi connectivity index (χ0n) is 13.4. The van der Waals surface area contributed by atoms with Crippen molar-refractivity contribution >= 4 is 11.9 Å². The monoisotopic (exact) mass is 310 g/mol. The Labute approximate surface area is 130 Å². The molecule has 1 unspecified atom stereocenters. The number of hydrogen-bond donors (Lipinski definition) is 3. The minimum absolute atomic E-state index is 0.103. The Morgan fingerprint density at radius 3 is 2.59 bits per heavy atom. The molecule has 1 rings (SSSR count). The molecule has 0 spiro atoms. The van der Waals surface area contributed by atoms with Gasteiger partial charge < -0.3 is 10.2 Å². The summed E-state index contributed by atoms with van der Waals surface area (Å²) in [5.74, 6) is -0.170. The fourth-order valence-corrected chi connectivity index (χ4v) is 1.99. The summed E-state index contributed by atoms with van der Waals surface area (Å²) in [6.07, 6.45) is 0.861. The van der Waals surface area contributed by atoms with Crippen LogP contribution >= 0.6 is 0 Å². The Hall–Kier alpha value is -1.95. The number of urea groups is 1. The number of rotatable bonds is 7. The van der Waals surface area contributed by atoms with Crippen molar-refractivity contribution in [3.63, 3.8) is 0 Å². The lowest BCUT2D eigenvalue weighted by atomic mass is 10.1. The predicted octanol–water partition coefficient (Wildman–Crippen LogP) is 0.712. The van der Waals surface area contributed by atoms with Gasteiger partial charge in [0.15, 0.2) is 6.54 Å². The van der Waals surface area contributed by atoms with Crippen LogP contribution in [0.1, 0.15) is 25.8 Å². The highest BCUT2D eigenvalue weighted by molar-refractivity contribution is 5.94. The Kier molecular flexibility index (Phi) is 7.52. The number of benzene rings is 1. The summed E-state index contributed by atoms with van der Waals surface area (Å²) in [6.45, 7) is 5.15. The number of amides is 3. The summed E-state index contributed by atoms with van der Waals surface area (Å²) in [4.78, 5) is 24.1. The summed E-state index contributed by atoms with van der Waals surface area (Å²) in [6, 6.07) is 5.99. The van der Waals surface area contributed by atoms with Crippen molar-refractivity contribution in [2.24, 2.45) is 5.92 Å². The summed E-state index contributed by atoms with van der Waals surface area (Å²) in [5.41, 5.74) is 0.550. The molecular formula is C16H25FN3O2+. The second-order valence-electron chi connectivity index (χ2n) is 5.89. The van der Waals surface area contributed by atoms with Gasteiger partial charge >= 0.3 is 6.03 Å². The van der Waals surface area contributed by atoms with E-state index in [0.29, 0.717) is 24.6 Å². The van der Waals surface area contributed by atoms with Gasteiger partial charge in [-0.05, 0) is 18.4 Å². The van der Waals surface area contributed by atoms with Gasteiger partial charge in [0.1, 0.15) is 12.4 Å². The minimum atomic E-state index is -0.482. The van der Waals surface area contributed by atoms with Crippen LogP contribution in [-0.2, 0) is 11.3 Å². The smallest absolute Gasteiger partial charge is 0.321 e. The summed E-state index contributed by atoms with van der Waals surface area (Å²) in [7, 11) is 1.78. The third kappa shape index (κ3) is 7.17. The molecule has 5 nitrogen and oxygen atoms in total. The largest absolute Gasteiger partial charge is 0.338 e. The number of carbonyl (C=O) groups excluding carboxylic acids is 2. The predicted molar refractivity (Wildman–Crippen MR) is 82.9 cm³/mol. The Morgan fingerprint density at radius 2 is 1.95 bits per heavy atom. The molecule has 0 saturated carbocycles. The van der Waals surface area contributed by atoms with E-state index in [9.17, 15) is 14.0 Å². The zero-order valence-corrected chi connectivity index (χ0v) is 13.4. The van der Waals surface area contributed by atoms with E-state index >= 15 is 0 Å². The first kappa shape index (κ1) is 18.1. The summed E-state index contributed by atoms with van der Waals surface area (Å²) >= 11 is 0. The average molecular weight is 310 g/mol. The van der Waals surface area contributed by atoms with Gasteiger partial charge in [0.2, 0.25) is 0 Å². The summed E-state index contributed by atoms with van der Waals surface area (Å²) < 4.78 is 13.5. The van der Waals surface area contributed by atoms with E-state index < -0.39 is 6.03 Å². The van der Waals surface area contributed by atoms with Gasteiger partial charge in [-0.3, -0.25) is 10.1 Å². The van der Waals surface area contributed by atoms with Gasteiger partial charge in [0, 0.05) is 12.1 Å². The van der Waals surface area contributed by atoms with E-state index in [2.05, 4.69) is 24.5 Å². The highest BCUT2D eigenvalue weighted by atomic mass is 19.1. The molecule has 0 aliphatic heterocycles. The molecule has 1 aromatic carbocycles. The second kappa shape index (κ2) is 9.15. The SMILES string of the molecule is CC(C)CCNC(=O)NC(=O)C[NH+](C)Cc1ccccc1F.